The molecule has 1 aromatic rings. The number of nitrogens with one attached hydrogen (secondary N) is 1. The average molecular weight is 271 g/mol. The minimum Gasteiger partial charge on any atom is -0.312 e. The van der Waals surface area contributed by atoms with Crippen LogP contribution >= 0.6 is 23.5 Å². The molecule has 3 unspecified atom stereocenters. The van der Waals surface area contributed by atoms with Crippen LogP contribution in [0.2, 0.25) is 0 Å². The van der Waals surface area contributed by atoms with Crippen molar-refractivity contribution in [1.82, 2.24) is 15.1 Å². The predicted molar refractivity (Wildman–Crippen MR) is 77.8 cm³/mol. The van der Waals surface area contributed by atoms with E-state index in [1.54, 1.807) is 0 Å². The summed E-state index contributed by atoms with van der Waals surface area (Å²) < 4.78 is 1.89. The van der Waals surface area contributed by atoms with E-state index >= 15 is 0 Å². The number of hydrogen-bond acceptors (Lipinski definition) is 4. The van der Waals surface area contributed by atoms with Gasteiger partial charge < -0.3 is 5.32 Å². The number of thioether (sulfide) groups is 2. The molecule has 1 fully saturated rings. The van der Waals surface area contributed by atoms with E-state index in [1.807, 2.05) is 17.9 Å². The van der Waals surface area contributed by atoms with Gasteiger partial charge in [-0.05, 0) is 13.5 Å². The number of aromatic nitrogens is 2. The summed E-state index contributed by atoms with van der Waals surface area (Å²) in [5, 5.41) is 9.19. The van der Waals surface area contributed by atoms with Crippen molar-refractivity contribution in [3.8, 4) is 0 Å². The molecule has 1 N–H and O–H groups in total. The van der Waals surface area contributed by atoms with Crippen LogP contribution in [0.5, 0.6) is 0 Å². The first-order chi connectivity index (χ1) is 8.26. The lowest BCUT2D eigenvalue weighted by atomic mass is 10.0. The maximum atomic E-state index is 4.29. The Hall–Kier alpha value is -0.130. The molecule has 0 bridgehead atoms. The van der Waals surface area contributed by atoms with Gasteiger partial charge in [0.15, 0.2) is 0 Å². The third-order valence-corrected chi connectivity index (χ3v) is 6.57. The molecule has 3 atom stereocenters. The molecule has 2 rings (SSSR count). The maximum absolute atomic E-state index is 4.29. The minimum atomic E-state index is 0.423. The van der Waals surface area contributed by atoms with Gasteiger partial charge >= 0.3 is 0 Å². The zero-order valence-corrected chi connectivity index (χ0v) is 12.4. The number of hydrogen-bond donors (Lipinski definition) is 1. The van der Waals surface area contributed by atoms with Gasteiger partial charge in [0.2, 0.25) is 0 Å². The zero-order valence-electron chi connectivity index (χ0n) is 10.7. The molecule has 1 aliphatic heterocycles. The highest BCUT2D eigenvalue weighted by Crippen LogP contribution is 2.39. The van der Waals surface area contributed by atoms with E-state index in [4.69, 9.17) is 0 Å². The van der Waals surface area contributed by atoms with E-state index in [2.05, 4.69) is 54.1 Å². The number of nitrogens with zero attached hydrogens (tertiary/aromatic N) is 2. The molecule has 96 valence electrons. The largest absolute Gasteiger partial charge is 0.312 e. The second-order valence-electron chi connectivity index (χ2n) is 4.37. The van der Waals surface area contributed by atoms with Crippen LogP contribution in [0.25, 0.3) is 0 Å². The van der Waals surface area contributed by atoms with Gasteiger partial charge in [-0.3, -0.25) is 4.68 Å². The predicted octanol–water partition coefficient (Wildman–Crippen LogP) is 2.31. The summed E-state index contributed by atoms with van der Waals surface area (Å²) in [6.07, 6.45) is 5.38. The Balaban J connectivity index is 2.16. The SMILES string of the molecule is CCC1SCCSC1C(NC)c1cnn(C)c1. The van der Waals surface area contributed by atoms with Gasteiger partial charge in [0.1, 0.15) is 0 Å². The van der Waals surface area contributed by atoms with Crippen LogP contribution < -0.4 is 5.32 Å². The van der Waals surface area contributed by atoms with Crippen molar-refractivity contribution in [2.45, 2.75) is 29.9 Å². The first-order valence-corrected chi connectivity index (χ1v) is 8.25. The summed E-state index contributed by atoms with van der Waals surface area (Å²) in [5.74, 6) is 2.56. The molecule has 0 aliphatic carbocycles. The molecule has 17 heavy (non-hydrogen) atoms. The van der Waals surface area contributed by atoms with Crippen molar-refractivity contribution in [2.24, 2.45) is 7.05 Å². The van der Waals surface area contributed by atoms with Gasteiger partial charge in [0, 0.05) is 46.9 Å². The quantitative estimate of drug-likeness (QED) is 0.910. The normalized spacial score (nSPS) is 27.0. The molecular formula is C12H21N3S2. The minimum absolute atomic E-state index is 0.423. The molecule has 0 amide bonds. The standard InChI is InChI=1S/C12H21N3S2/c1-4-10-12(17-6-5-16-10)11(13-2)9-7-14-15(3)8-9/h7-8,10-13H,4-6H2,1-3H3. The fourth-order valence-corrected chi connectivity index (χ4v) is 5.66. The Kier molecular flexibility index (Phi) is 4.82. The molecule has 1 saturated heterocycles. The van der Waals surface area contributed by atoms with E-state index in [0.717, 1.165) is 5.25 Å². The van der Waals surface area contributed by atoms with Gasteiger partial charge in [0.05, 0.1) is 6.20 Å². The third-order valence-electron chi connectivity index (χ3n) is 3.22. The monoisotopic (exact) mass is 271 g/mol. The van der Waals surface area contributed by atoms with Gasteiger partial charge in [-0.1, -0.05) is 6.92 Å². The zero-order chi connectivity index (χ0) is 12.3. The molecule has 0 spiro atoms. The van der Waals surface area contributed by atoms with Crippen molar-refractivity contribution < 1.29 is 0 Å². The molecular weight excluding hydrogens is 250 g/mol. The summed E-state index contributed by atoms with van der Waals surface area (Å²) in [6, 6.07) is 0.423. The molecule has 1 aromatic heterocycles. The fraction of sp³-hybridized carbons (Fsp3) is 0.750. The number of aryl methyl sites for hydroxylation is 1. The van der Waals surface area contributed by atoms with Crippen molar-refractivity contribution >= 4 is 23.5 Å². The van der Waals surface area contributed by atoms with Crippen LogP contribution in [0.15, 0.2) is 12.4 Å². The highest BCUT2D eigenvalue weighted by molar-refractivity contribution is 8.07. The molecule has 2 heterocycles. The fourth-order valence-electron chi connectivity index (χ4n) is 2.37. The Morgan fingerprint density at radius 1 is 1.53 bits per heavy atom. The van der Waals surface area contributed by atoms with Gasteiger partial charge in [0.25, 0.3) is 0 Å². The molecule has 1 aliphatic rings. The molecule has 0 saturated carbocycles. The highest BCUT2D eigenvalue weighted by atomic mass is 32.2. The van der Waals surface area contributed by atoms with Crippen molar-refractivity contribution in [2.75, 3.05) is 18.6 Å². The summed E-state index contributed by atoms with van der Waals surface area (Å²) in [7, 11) is 4.04. The van der Waals surface area contributed by atoms with E-state index in [-0.39, 0.29) is 0 Å². The summed E-state index contributed by atoms with van der Waals surface area (Å²) in [6.45, 7) is 2.30. The Bertz CT molecular complexity index is 353. The van der Waals surface area contributed by atoms with Crippen LogP contribution in [-0.4, -0.2) is 38.8 Å². The first-order valence-electron chi connectivity index (χ1n) is 6.15. The van der Waals surface area contributed by atoms with Crippen LogP contribution in [0.3, 0.4) is 0 Å². The van der Waals surface area contributed by atoms with Gasteiger partial charge in [-0.15, -0.1) is 0 Å². The molecule has 3 nitrogen and oxygen atoms in total. The third kappa shape index (κ3) is 3.01. The van der Waals surface area contributed by atoms with E-state index in [0.29, 0.717) is 11.3 Å². The van der Waals surface area contributed by atoms with E-state index < -0.39 is 0 Å². The smallest absolute Gasteiger partial charge is 0.0537 e. The van der Waals surface area contributed by atoms with E-state index in [1.165, 1.54) is 23.5 Å². The lowest BCUT2D eigenvalue weighted by Crippen LogP contribution is -2.37. The van der Waals surface area contributed by atoms with Crippen LogP contribution in [0.4, 0.5) is 0 Å². The molecule has 5 heteroatoms. The summed E-state index contributed by atoms with van der Waals surface area (Å²) in [5.41, 5.74) is 1.31. The second kappa shape index (κ2) is 6.16. The van der Waals surface area contributed by atoms with Crippen molar-refractivity contribution in [3.63, 3.8) is 0 Å². The number of rotatable bonds is 4. The van der Waals surface area contributed by atoms with Crippen LogP contribution in [0.1, 0.15) is 24.9 Å². The lowest BCUT2D eigenvalue weighted by Gasteiger charge is -2.35. The lowest BCUT2D eigenvalue weighted by molar-refractivity contribution is 0.543. The topological polar surface area (TPSA) is 29.9 Å². The maximum Gasteiger partial charge on any atom is 0.0537 e. The molecule has 0 aromatic carbocycles. The van der Waals surface area contributed by atoms with Crippen molar-refractivity contribution in [3.05, 3.63) is 18.0 Å². The summed E-state index contributed by atoms with van der Waals surface area (Å²) >= 11 is 4.24. The second-order valence-corrected chi connectivity index (χ2v) is 7.00. The Labute approximate surface area is 112 Å². The van der Waals surface area contributed by atoms with E-state index in [9.17, 15) is 0 Å². The highest BCUT2D eigenvalue weighted by Gasteiger charge is 2.32. The van der Waals surface area contributed by atoms with Crippen molar-refractivity contribution in [1.29, 1.82) is 0 Å². The Morgan fingerprint density at radius 2 is 2.29 bits per heavy atom. The Morgan fingerprint density at radius 3 is 2.88 bits per heavy atom. The van der Waals surface area contributed by atoms with Gasteiger partial charge in [-0.25, -0.2) is 0 Å². The van der Waals surface area contributed by atoms with Crippen LogP contribution in [0, 0.1) is 0 Å². The average Bonchev–Trinajstić information content (AvgIpc) is 2.77. The molecule has 0 radical (unpaired) electrons. The first kappa shape index (κ1) is 13.3. The van der Waals surface area contributed by atoms with Gasteiger partial charge in [-0.2, -0.15) is 28.6 Å². The van der Waals surface area contributed by atoms with Crippen LogP contribution in [-0.2, 0) is 7.05 Å². The summed E-state index contributed by atoms with van der Waals surface area (Å²) in [4.78, 5) is 0.